The molecule has 3 heterocycles. The first-order chi connectivity index (χ1) is 10.3. The van der Waals surface area contributed by atoms with Crippen molar-refractivity contribution in [2.24, 2.45) is 0 Å². The van der Waals surface area contributed by atoms with Crippen molar-refractivity contribution < 1.29 is 4.74 Å². The minimum atomic E-state index is 0.210. The molecule has 102 valence electrons. The molecule has 0 aliphatic carbocycles. The highest BCUT2D eigenvalue weighted by molar-refractivity contribution is 5.84. The van der Waals surface area contributed by atoms with E-state index in [1.54, 1.807) is 10.7 Å². The Morgan fingerprint density at radius 2 is 1.86 bits per heavy atom. The molecule has 0 aliphatic rings. The molecule has 0 saturated carbocycles. The molecule has 21 heavy (non-hydrogen) atoms. The lowest BCUT2D eigenvalue weighted by atomic mass is 10.2. The van der Waals surface area contributed by atoms with Crippen molar-refractivity contribution >= 4 is 22.5 Å². The van der Waals surface area contributed by atoms with Crippen LogP contribution in [0.3, 0.4) is 0 Å². The van der Waals surface area contributed by atoms with Gasteiger partial charge in [0.15, 0.2) is 11.4 Å². The lowest BCUT2D eigenvalue weighted by Crippen LogP contribution is -1.96. The summed E-state index contributed by atoms with van der Waals surface area (Å²) in [7, 11) is 0. The number of hydrogen-bond acceptors (Lipinski definition) is 5. The number of anilines is 1. The second-order valence-electron chi connectivity index (χ2n) is 4.54. The van der Waals surface area contributed by atoms with Crippen LogP contribution in [0.25, 0.3) is 16.6 Å². The Hall–Kier alpha value is -3.15. The molecule has 0 bridgehead atoms. The van der Waals surface area contributed by atoms with Crippen molar-refractivity contribution in [3.05, 3.63) is 54.7 Å². The van der Waals surface area contributed by atoms with E-state index in [1.807, 2.05) is 48.5 Å². The third-order valence-electron chi connectivity index (χ3n) is 3.15. The molecule has 0 amide bonds. The number of ether oxygens (including phenoxy) is 1. The van der Waals surface area contributed by atoms with E-state index in [-0.39, 0.29) is 5.95 Å². The first-order valence-electron chi connectivity index (χ1n) is 6.44. The van der Waals surface area contributed by atoms with E-state index >= 15 is 0 Å². The molecule has 0 unspecified atom stereocenters. The molecule has 6 nitrogen and oxygen atoms in total. The standard InChI is InChI=1S/C15H11N5O/c16-15-18-12-7-2-8-13(20(12)19-15)21-11-6-1-4-10-5-3-9-17-14(10)11/h1-9H,(H2,16,19). The van der Waals surface area contributed by atoms with Gasteiger partial charge in [-0.3, -0.25) is 4.98 Å². The molecule has 0 atom stereocenters. The summed E-state index contributed by atoms with van der Waals surface area (Å²) in [5.74, 6) is 1.41. The fourth-order valence-corrected chi connectivity index (χ4v) is 2.25. The number of pyridine rings is 2. The molecule has 6 heteroatoms. The Kier molecular flexibility index (Phi) is 2.47. The first-order valence-corrected chi connectivity index (χ1v) is 6.44. The molecule has 1 aromatic carbocycles. The van der Waals surface area contributed by atoms with Crippen molar-refractivity contribution in [2.45, 2.75) is 0 Å². The SMILES string of the molecule is Nc1nc2cccc(Oc3cccc4cccnc34)n2n1. The van der Waals surface area contributed by atoms with Crippen LogP contribution in [0.15, 0.2) is 54.7 Å². The molecule has 4 rings (SSSR count). The number of hydrogen-bond donors (Lipinski definition) is 1. The van der Waals surface area contributed by atoms with Gasteiger partial charge in [0, 0.05) is 17.6 Å². The maximum absolute atomic E-state index is 5.96. The fourth-order valence-electron chi connectivity index (χ4n) is 2.25. The minimum Gasteiger partial charge on any atom is -0.437 e. The summed E-state index contributed by atoms with van der Waals surface area (Å²) < 4.78 is 7.53. The van der Waals surface area contributed by atoms with Gasteiger partial charge in [-0.2, -0.15) is 9.50 Å². The zero-order valence-corrected chi connectivity index (χ0v) is 11.0. The monoisotopic (exact) mass is 277 g/mol. The van der Waals surface area contributed by atoms with Gasteiger partial charge >= 0.3 is 0 Å². The third kappa shape index (κ3) is 1.93. The second-order valence-corrected chi connectivity index (χ2v) is 4.54. The fraction of sp³-hybridized carbons (Fsp3) is 0. The maximum atomic E-state index is 5.96. The van der Waals surface area contributed by atoms with Crippen LogP contribution in [0.4, 0.5) is 5.95 Å². The molecule has 3 aromatic heterocycles. The van der Waals surface area contributed by atoms with Crippen molar-refractivity contribution in [1.82, 2.24) is 19.6 Å². The van der Waals surface area contributed by atoms with Crippen LogP contribution in [-0.2, 0) is 0 Å². The Labute approximate surface area is 119 Å². The summed E-state index contributed by atoms with van der Waals surface area (Å²) in [5, 5.41) is 5.14. The molecule has 0 aliphatic heterocycles. The summed E-state index contributed by atoms with van der Waals surface area (Å²) in [6, 6.07) is 15.1. The lowest BCUT2D eigenvalue weighted by Gasteiger charge is -2.08. The highest BCUT2D eigenvalue weighted by atomic mass is 16.5. The Morgan fingerprint density at radius 3 is 2.81 bits per heavy atom. The van der Waals surface area contributed by atoms with Crippen LogP contribution in [-0.4, -0.2) is 19.6 Å². The summed E-state index contributed by atoms with van der Waals surface area (Å²) in [5.41, 5.74) is 7.07. The quantitative estimate of drug-likeness (QED) is 0.609. The van der Waals surface area contributed by atoms with Crippen molar-refractivity contribution in [3.8, 4) is 11.6 Å². The van der Waals surface area contributed by atoms with Crippen LogP contribution in [0, 0.1) is 0 Å². The maximum Gasteiger partial charge on any atom is 0.240 e. The minimum absolute atomic E-state index is 0.210. The van der Waals surface area contributed by atoms with Crippen LogP contribution in [0.2, 0.25) is 0 Å². The Morgan fingerprint density at radius 1 is 1.00 bits per heavy atom. The number of nitrogen functional groups attached to an aromatic ring is 1. The van der Waals surface area contributed by atoms with E-state index in [4.69, 9.17) is 10.5 Å². The van der Waals surface area contributed by atoms with Crippen molar-refractivity contribution in [3.63, 3.8) is 0 Å². The second kappa shape index (κ2) is 4.45. The highest BCUT2D eigenvalue weighted by Crippen LogP contribution is 2.28. The van der Waals surface area contributed by atoms with Crippen LogP contribution in [0.1, 0.15) is 0 Å². The van der Waals surface area contributed by atoms with E-state index in [1.165, 1.54) is 0 Å². The average molecular weight is 277 g/mol. The van der Waals surface area contributed by atoms with E-state index in [0.717, 1.165) is 10.9 Å². The van der Waals surface area contributed by atoms with E-state index < -0.39 is 0 Å². The molecular formula is C15H11N5O. The number of nitrogens with two attached hydrogens (primary N) is 1. The van der Waals surface area contributed by atoms with Crippen LogP contribution < -0.4 is 10.5 Å². The van der Waals surface area contributed by atoms with Gasteiger partial charge in [0.1, 0.15) is 5.52 Å². The summed E-state index contributed by atoms with van der Waals surface area (Å²) in [4.78, 5) is 8.48. The average Bonchev–Trinajstić information content (AvgIpc) is 2.89. The van der Waals surface area contributed by atoms with Crippen LogP contribution >= 0.6 is 0 Å². The topological polar surface area (TPSA) is 78.3 Å². The normalized spacial score (nSPS) is 11.0. The van der Waals surface area contributed by atoms with Crippen molar-refractivity contribution in [1.29, 1.82) is 0 Å². The predicted octanol–water partition coefficient (Wildman–Crippen LogP) is 2.65. The van der Waals surface area contributed by atoms with Gasteiger partial charge in [-0.1, -0.05) is 24.3 Å². The zero-order chi connectivity index (χ0) is 14.2. The Bertz CT molecular complexity index is 942. The third-order valence-corrected chi connectivity index (χ3v) is 3.15. The smallest absolute Gasteiger partial charge is 0.240 e. The first kappa shape index (κ1) is 11.7. The van der Waals surface area contributed by atoms with E-state index in [2.05, 4.69) is 15.1 Å². The largest absolute Gasteiger partial charge is 0.437 e. The molecule has 0 radical (unpaired) electrons. The van der Waals surface area contributed by atoms with Crippen molar-refractivity contribution in [2.75, 3.05) is 5.73 Å². The summed E-state index contributed by atoms with van der Waals surface area (Å²) in [6.45, 7) is 0. The van der Waals surface area contributed by atoms with Gasteiger partial charge in [-0.05, 0) is 18.2 Å². The number of nitrogens with zero attached hydrogens (tertiary/aromatic N) is 4. The summed E-state index contributed by atoms with van der Waals surface area (Å²) >= 11 is 0. The molecule has 0 spiro atoms. The molecule has 2 N–H and O–H groups in total. The molecular weight excluding hydrogens is 266 g/mol. The number of benzene rings is 1. The molecule has 4 aromatic rings. The van der Waals surface area contributed by atoms with Gasteiger partial charge < -0.3 is 10.5 Å². The highest BCUT2D eigenvalue weighted by Gasteiger charge is 2.09. The molecule has 0 saturated heterocycles. The zero-order valence-electron chi connectivity index (χ0n) is 11.0. The van der Waals surface area contributed by atoms with Gasteiger partial charge in [0.2, 0.25) is 11.8 Å². The number of fused-ring (bicyclic) bond motifs is 2. The predicted molar refractivity (Wildman–Crippen MR) is 79.2 cm³/mol. The van der Waals surface area contributed by atoms with Gasteiger partial charge in [-0.15, -0.1) is 5.10 Å². The van der Waals surface area contributed by atoms with Crippen LogP contribution in [0.5, 0.6) is 11.6 Å². The lowest BCUT2D eigenvalue weighted by molar-refractivity contribution is 0.451. The summed E-state index contributed by atoms with van der Waals surface area (Å²) in [6.07, 6.45) is 1.74. The number of aromatic nitrogens is 4. The van der Waals surface area contributed by atoms with E-state index in [0.29, 0.717) is 17.3 Å². The molecule has 0 fully saturated rings. The van der Waals surface area contributed by atoms with Gasteiger partial charge in [0.25, 0.3) is 0 Å². The van der Waals surface area contributed by atoms with Gasteiger partial charge in [-0.25, -0.2) is 0 Å². The number of rotatable bonds is 2. The van der Waals surface area contributed by atoms with E-state index in [9.17, 15) is 0 Å². The number of para-hydroxylation sites is 1. The van der Waals surface area contributed by atoms with Gasteiger partial charge in [0.05, 0.1) is 0 Å². The Balaban J connectivity index is 1.87.